The highest BCUT2D eigenvalue weighted by Gasteiger charge is 2.20. The van der Waals surface area contributed by atoms with Gasteiger partial charge >= 0.3 is 0 Å². The van der Waals surface area contributed by atoms with E-state index in [1.165, 1.54) is 11.3 Å². The largest absolute Gasteiger partial charge is 0.370 e. The molecule has 0 bridgehead atoms. The Morgan fingerprint density at radius 3 is 2.79 bits per heavy atom. The first-order valence-electron chi connectivity index (χ1n) is 10.6. The third kappa shape index (κ3) is 4.93. The number of aromatic amines is 1. The Morgan fingerprint density at radius 2 is 2.03 bits per heavy atom. The van der Waals surface area contributed by atoms with Gasteiger partial charge in [-0.15, -0.1) is 11.3 Å². The molecule has 1 aliphatic rings. The van der Waals surface area contributed by atoms with Crippen molar-refractivity contribution in [3.8, 4) is 10.7 Å². The standard InChI is InChI=1S/C24H21ClN4O3S/c25-21-9-8-20(33-21)24-27-18-7-1-15(13-19(18)28-24)2-10-22(30)26-16-3-5-17(6-4-16)29-11-12-32-14-23(29)31/h1,3-9,13H,2,10-12,14H2,(H,26,30)(H,27,28). The minimum absolute atomic E-state index is 0.0569. The molecule has 1 fully saturated rings. The molecule has 3 heterocycles. The van der Waals surface area contributed by atoms with E-state index in [1.807, 2.05) is 54.6 Å². The number of benzene rings is 2. The van der Waals surface area contributed by atoms with E-state index in [1.54, 1.807) is 4.90 Å². The van der Waals surface area contributed by atoms with Crippen LogP contribution in [0.3, 0.4) is 0 Å². The summed E-state index contributed by atoms with van der Waals surface area (Å²) in [6.07, 6.45) is 0.970. The number of imidazole rings is 1. The highest BCUT2D eigenvalue weighted by Crippen LogP contribution is 2.30. The van der Waals surface area contributed by atoms with Crippen molar-refractivity contribution >= 4 is 57.2 Å². The molecular formula is C24H21ClN4O3S. The molecule has 0 aliphatic carbocycles. The maximum Gasteiger partial charge on any atom is 0.253 e. The van der Waals surface area contributed by atoms with Crippen molar-refractivity contribution in [3.05, 3.63) is 64.5 Å². The average Bonchev–Trinajstić information content (AvgIpc) is 3.44. The molecule has 0 atom stereocenters. The van der Waals surface area contributed by atoms with Crippen molar-refractivity contribution in [2.45, 2.75) is 12.8 Å². The summed E-state index contributed by atoms with van der Waals surface area (Å²) in [4.78, 5) is 35.0. The zero-order chi connectivity index (χ0) is 22.8. The number of thiophene rings is 1. The van der Waals surface area contributed by atoms with Gasteiger partial charge in [-0.3, -0.25) is 9.59 Å². The van der Waals surface area contributed by atoms with E-state index < -0.39 is 0 Å². The van der Waals surface area contributed by atoms with Crippen molar-refractivity contribution in [2.75, 3.05) is 30.0 Å². The monoisotopic (exact) mass is 480 g/mol. The Hall–Kier alpha value is -3.20. The number of nitrogens with zero attached hydrogens (tertiary/aromatic N) is 2. The number of hydrogen-bond acceptors (Lipinski definition) is 5. The Bertz CT molecular complexity index is 1320. The Labute approximate surface area is 199 Å². The normalized spacial score (nSPS) is 14.1. The second kappa shape index (κ2) is 9.35. The van der Waals surface area contributed by atoms with E-state index in [0.29, 0.717) is 31.7 Å². The second-order valence-corrected chi connectivity index (χ2v) is 9.45. The lowest BCUT2D eigenvalue weighted by Crippen LogP contribution is -2.41. The van der Waals surface area contributed by atoms with Crippen molar-refractivity contribution < 1.29 is 14.3 Å². The molecule has 4 aromatic rings. The average molecular weight is 481 g/mol. The number of carbonyl (C=O) groups is 2. The first-order valence-corrected chi connectivity index (χ1v) is 11.8. The summed E-state index contributed by atoms with van der Waals surface area (Å²) in [5, 5.41) is 2.92. The molecule has 33 heavy (non-hydrogen) atoms. The first kappa shape index (κ1) is 21.6. The lowest BCUT2D eigenvalue weighted by atomic mass is 10.1. The summed E-state index contributed by atoms with van der Waals surface area (Å²) in [5.41, 5.74) is 4.37. The molecule has 1 saturated heterocycles. The van der Waals surface area contributed by atoms with Gasteiger partial charge in [0.2, 0.25) is 5.91 Å². The SMILES string of the molecule is O=C(CCc1ccc2nc(-c3ccc(Cl)s3)[nH]c2c1)Nc1ccc(N2CCOCC2=O)cc1. The number of carbonyl (C=O) groups excluding carboxylic acids is 2. The predicted molar refractivity (Wildman–Crippen MR) is 131 cm³/mol. The third-order valence-electron chi connectivity index (χ3n) is 5.44. The van der Waals surface area contributed by atoms with E-state index in [0.717, 1.165) is 37.3 Å². The molecule has 5 rings (SSSR count). The van der Waals surface area contributed by atoms with Crippen LogP contribution in [0.25, 0.3) is 21.7 Å². The van der Waals surface area contributed by atoms with Crippen molar-refractivity contribution in [1.82, 2.24) is 9.97 Å². The van der Waals surface area contributed by atoms with Crippen LogP contribution in [0.15, 0.2) is 54.6 Å². The maximum absolute atomic E-state index is 12.5. The summed E-state index contributed by atoms with van der Waals surface area (Å²) in [7, 11) is 0. The topological polar surface area (TPSA) is 87.3 Å². The van der Waals surface area contributed by atoms with Crippen LogP contribution in [-0.4, -0.2) is 41.5 Å². The number of halogens is 1. The Balaban J connectivity index is 1.19. The number of nitrogens with one attached hydrogen (secondary N) is 2. The van der Waals surface area contributed by atoms with E-state index in [2.05, 4.69) is 15.3 Å². The zero-order valence-corrected chi connectivity index (χ0v) is 19.2. The molecule has 168 valence electrons. The van der Waals surface area contributed by atoms with E-state index in [9.17, 15) is 9.59 Å². The summed E-state index contributed by atoms with van der Waals surface area (Å²) < 4.78 is 5.88. The van der Waals surface area contributed by atoms with Gasteiger partial charge in [-0.1, -0.05) is 17.7 Å². The fourth-order valence-electron chi connectivity index (χ4n) is 3.77. The highest BCUT2D eigenvalue weighted by molar-refractivity contribution is 7.19. The molecule has 2 aromatic heterocycles. The third-order valence-corrected chi connectivity index (χ3v) is 6.68. The molecule has 1 aliphatic heterocycles. The highest BCUT2D eigenvalue weighted by atomic mass is 35.5. The molecule has 7 nitrogen and oxygen atoms in total. The number of anilines is 2. The van der Waals surface area contributed by atoms with Crippen LogP contribution in [0.5, 0.6) is 0 Å². The van der Waals surface area contributed by atoms with Crippen LogP contribution >= 0.6 is 22.9 Å². The van der Waals surface area contributed by atoms with Gasteiger partial charge in [0.25, 0.3) is 5.91 Å². The fraction of sp³-hybridized carbons (Fsp3) is 0.208. The Morgan fingerprint density at radius 1 is 1.18 bits per heavy atom. The number of rotatable bonds is 6. The van der Waals surface area contributed by atoms with Crippen molar-refractivity contribution in [3.63, 3.8) is 0 Å². The van der Waals surface area contributed by atoms with Crippen LogP contribution in [0.4, 0.5) is 11.4 Å². The lowest BCUT2D eigenvalue weighted by molar-refractivity contribution is -0.125. The molecule has 2 aromatic carbocycles. The number of ether oxygens (including phenoxy) is 1. The quantitative estimate of drug-likeness (QED) is 0.411. The number of hydrogen-bond donors (Lipinski definition) is 2. The van der Waals surface area contributed by atoms with Gasteiger partial charge < -0.3 is 19.9 Å². The summed E-state index contributed by atoms with van der Waals surface area (Å²) >= 11 is 7.51. The maximum atomic E-state index is 12.5. The summed E-state index contributed by atoms with van der Waals surface area (Å²) in [5.74, 6) is 0.668. The summed E-state index contributed by atoms with van der Waals surface area (Å²) in [6.45, 7) is 1.17. The Kier molecular flexibility index (Phi) is 6.13. The molecule has 2 amide bonds. The number of amides is 2. The molecule has 2 N–H and O–H groups in total. The van der Waals surface area contributed by atoms with E-state index in [4.69, 9.17) is 16.3 Å². The van der Waals surface area contributed by atoms with Crippen LogP contribution in [-0.2, 0) is 20.7 Å². The fourth-order valence-corrected chi connectivity index (χ4v) is 4.76. The van der Waals surface area contributed by atoms with Crippen LogP contribution in [0.1, 0.15) is 12.0 Å². The van der Waals surface area contributed by atoms with Crippen LogP contribution in [0.2, 0.25) is 4.34 Å². The summed E-state index contributed by atoms with van der Waals surface area (Å²) in [6, 6.07) is 17.1. The minimum atomic E-state index is -0.0659. The van der Waals surface area contributed by atoms with Gasteiger partial charge in [-0.05, 0) is 60.5 Å². The number of morpholine rings is 1. The lowest BCUT2D eigenvalue weighted by Gasteiger charge is -2.26. The molecule has 0 saturated carbocycles. The predicted octanol–water partition coefficient (Wildman–Crippen LogP) is 4.88. The molecule has 0 spiro atoms. The van der Waals surface area contributed by atoms with Gasteiger partial charge in [0.15, 0.2) is 0 Å². The van der Waals surface area contributed by atoms with Crippen LogP contribution in [0, 0.1) is 0 Å². The molecule has 9 heteroatoms. The van der Waals surface area contributed by atoms with Gasteiger partial charge in [0, 0.05) is 24.3 Å². The zero-order valence-electron chi connectivity index (χ0n) is 17.6. The molecule has 0 radical (unpaired) electrons. The number of aryl methyl sites for hydroxylation is 1. The molecular weight excluding hydrogens is 460 g/mol. The molecule has 0 unspecified atom stereocenters. The first-order chi connectivity index (χ1) is 16.0. The van der Waals surface area contributed by atoms with Crippen molar-refractivity contribution in [1.29, 1.82) is 0 Å². The number of H-pyrrole nitrogens is 1. The van der Waals surface area contributed by atoms with Crippen molar-refractivity contribution in [2.24, 2.45) is 0 Å². The number of fused-ring (bicyclic) bond motifs is 1. The van der Waals surface area contributed by atoms with Gasteiger partial charge in [-0.25, -0.2) is 4.98 Å². The number of aromatic nitrogens is 2. The van der Waals surface area contributed by atoms with Gasteiger partial charge in [0.05, 0.1) is 26.9 Å². The van der Waals surface area contributed by atoms with Gasteiger partial charge in [-0.2, -0.15) is 0 Å². The van der Waals surface area contributed by atoms with Crippen LogP contribution < -0.4 is 10.2 Å². The van der Waals surface area contributed by atoms with E-state index >= 15 is 0 Å². The minimum Gasteiger partial charge on any atom is -0.370 e. The van der Waals surface area contributed by atoms with Gasteiger partial charge in [0.1, 0.15) is 12.4 Å². The second-order valence-electron chi connectivity index (χ2n) is 7.73. The smallest absolute Gasteiger partial charge is 0.253 e. The van der Waals surface area contributed by atoms with E-state index in [-0.39, 0.29) is 18.4 Å².